The van der Waals surface area contributed by atoms with E-state index < -0.39 is 0 Å². The Kier molecular flexibility index (Phi) is 3.78. The highest BCUT2D eigenvalue weighted by molar-refractivity contribution is 6.08. The predicted molar refractivity (Wildman–Crippen MR) is 98.7 cm³/mol. The van der Waals surface area contributed by atoms with E-state index in [-0.39, 0.29) is 22.9 Å². The van der Waals surface area contributed by atoms with E-state index >= 15 is 0 Å². The van der Waals surface area contributed by atoms with E-state index in [9.17, 15) is 9.90 Å². The number of fused-ring (bicyclic) bond motifs is 1. The number of ketones is 1. The normalized spacial score (nSPS) is 10.8. The maximum atomic E-state index is 12.7. The summed E-state index contributed by atoms with van der Waals surface area (Å²) in [5.41, 5.74) is 8.55. The van der Waals surface area contributed by atoms with Crippen LogP contribution in [0.25, 0.3) is 22.2 Å². The molecule has 0 spiro atoms. The van der Waals surface area contributed by atoms with Crippen molar-refractivity contribution < 1.29 is 9.90 Å². The lowest BCUT2D eigenvalue weighted by molar-refractivity contribution is 0.103. The van der Waals surface area contributed by atoms with Gasteiger partial charge in [-0.25, -0.2) is 4.98 Å². The number of anilines is 1. The summed E-state index contributed by atoms with van der Waals surface area (Å²) in [6, 6.07) is 14.0. The maximum absolute atomic E-state index is 12.7. The van der Waals surface area contributed by atoms with Crippen molar-refractivity contribution in [3.63, 3.8) is 0 Å². The van der Waals surface area contributed by atoms with E-state index in [1.54, 1.807) is 12.4 Å². The number of phenolic OH excluding ortho intramolecular Hbond substituents is 1. The molecule has 2 aromatic carbocycles. The van der Waals surface area contributed by atoms with Crippen molar-refractivity contribution in [3.8, 4) is 17.0 Å². The first kappa shape index (κ1) is 15.7. The summed E-state index contributed by atoms with van der Waals surface area (Å²) in [6.07, 6.45) is 4.70. The molecular weight excluding hydrogens is 328 g/mol. The Bertz CT molecular complexity index is 1140. The second-order valence-electron chi connectivity index (χ2n) is 5.81. The molecule has 126 valence electrons. The van der Waals surface area contributed by atoms with Crippen LogP contribution in [0.15, 0.2) is 67.1 Å². The SMILES string of the molecule is Nc1cc(C(=O)c2cncc(-c3cnc4ccccc4c3)n2)ccc1O. The summed E-state index contributed by atoms with van der Waals surface area (Å²) in [4.78, 5) is 25.6. The number of pyridine rings is 1. The van der Waals surface area contributed by atoms with E-state index in [1.807, 2.05) is 30.3 Å². The Hall–Kier alpha value is -3.80. The highest BCUT2D eigenvalue weighted by atomic mass is 16.3. The topological polar surface area (TPSA) is 102 Å². The van der Waals surface area contributed by atoms with Gasteiger partial charge in [-0.2, -0.15) is 0 Å². The van der Waals surface area contributed by atoms with Crippen LogP contribution in [0.3, 0.4) is 0 Å². The maximum Gasteiger partial charge on any atom is 0.213 e. The van der Waals surface area contributed by atoms with Gasteiger partial charge in [0.05, 0.1) is 29.3 Å². The Morgan fingerprint density at radius 1 is 1.00 bits per heavy atom. The largest absolute Gasteiger partial charge is 0.506 e. The lowest BCUT2D eigenvalue weighted by atomic mass is 10.1. The molecule has 3 N–H and O–H groups in total. The zero-order chi connectivity index (χ0) is 18.1. The molecule has 0 radical (unpaired) electrons. The van der Waals surface area contributed by atoms with Gasteiger partial charge in [0.25, 0.3) is 0 Å². The molecule has 0 unspecified atom stereocenters. The van der Waals surface area contributed by atoms with Crippen molar-refractivity contribution in [1.29, 1.82) is 0 Å². The van der Waals surface area contributed by atoms with Crippen molar-refractivity contribution in [2.45, 2.75) is 0 Å². The molecule has 2 aromatic heterocycles. The van der Waals surface area contributed by atoms with Crippen LogP contribution in [0.4, 0.5) is 5.69 Å². The molecule has 0 amide bonds. The molecule has 0 aliphatic carbocycles. The number of aromatic hydroxyl groups is 1. The third-order valence-corrected chi connectivity index (χ3v) is 4.04. The summed E-state index contributed by atoms with van der Waals surface area (Å²) in [6.45, 7) is 0. The number of para-hydroxylation sites is 1. The highest BCUT2D eigenvalue weighted by Crippen LogP contribution is 2.23. The molecule has 2 heterocycles. The van der Waals surface area contributed by atoms with Crippen LogP contribution < -0.4 is 5.73 Å². The molecule has 0 saturated heterocycles. The Labute approximate surface area is 149 Å². The summed E-state index contributed by atoms with van der Waals surface area (Å²) in [5, 5.41) is 10.5. The monoisotopic (exact) mass is 342 g/mol. The minimum Gasteiger partial charge on any atom is -0.506 e. The van der Waals surface area contributed by atoms with E-state index in [0.717, 1.165) is 16.5 Å². The zero-order valence-electron chi connectivity index (χ0n) is 13.6. The minimum atomic E-state index is -0.320. The van der Waals surface area contributed by atoms with E-state index in [4.69, 9.17) is 5.73 Å². The fourth-order valence-corrected chi connectivity index (χ4v) is 2.67. The van der Waals surface area contributed by atoms with Gasteiger partial charge in [0.15, 0.2) is 0 Å². The zero-order valence-corrected chi connectivity index (χ0v) is 13.6. The van der Waals surface area contributed by atoms with E-state index in [2.05, 4.69) is 15.0 Å². The standard InChI is InChI=1S/C20H14N4O2/c21-15-8-13(5-6-19(15)25)20(26)18-11-22-10-17(24-18)14-7-12-3-1-2-4-16(12)23-9-14/h1-11,25H,21H2. The Morgan fingerprint density at radius 3 is 2.69 bits per heavy atom. The molecule has 0 atom stereocenters. The van der Waals surface area contributed by atoms with Crippen molar-refractivity contribution >= 4 is 22.4 Å². The lowest BCUT2D eigenvalue weighted by Crippen LogP contribution is -2.06. The van der Waals surface area contributed by atoms with Crippen molar-refractivity contribution in [1.82, 2.24) is 15.0 Å². The fraction of sp³-hybridized carbons (Fsp3) is 0. The fourth-order valence-electron chi connectivity index (χ4n) is 2.67. The third kappa shape index (κ3) is 2.84. The number of carbonyl (C=O) groups is 1. The van der Waals surface area contributed by atoms with Crippen LogP contribution in [0.1, 0.15) is 16.1 Å². The smallest absolute Gasteiger partial charge is 0.213 e. The number of carbonyl (C=O) groups excluding carboxylic acids is 1. The van der Waals surface area contributed by atoms with Crippen molar-refractivity contribution in [2.75, 3.05) is 5.73 Å². The van der Waals surface area contributed by atoms with Crippen molar-refractivity contribution in [3.05, 3.63) is 78.4 Å². The molecule has 4 aromatic rings. The Morgan fingerprint density at radius 2 is 1.85 bits per heavy atom. The van der Waals surface area contributed by atoms with E-state index in [0.29, 0.717) is 11.3 Å². The van der Waals surface area contributed by atoms with Crippen LogP contribution in [0.5, 0.6) is 5.75 Å². The lowest BCUT2D eigenvalue weighted by Gasteiger charge is -2.06. The molecule has 6 nitrogen and oxygen atoms in total. The molecule has 0 bridgehead atoms. The van der Waals surface area contributed by atoms with Gasteiger partial charge in [0.2, 0.25) is 5.78 Å². The number of nitrogens with two attached hydrogens (primary N) is 1. The van der Waals surface area contributed by atoms with Crippen molar-refractivity contribution in [2.24, 2.45) is 0 Å². The average Bonchev–Trinajstić information content (AvgIpc) is 2.69. The summed E-state index contributed by atoms with van der Waals surface area (Å²) in [7, 11) is 0. The third-order valence-electron chi connectivity index (χ3n) is 4.04. The molecular formula is C20H14N4O2. The molecule has 0 aliphatic rings. The number of benzene rings is 2. The second-order valence-corrected chi connectivity index (χ2v) is 5.81. The van der Waals surface area contributed by atoms with Gasteiger partial charge in [0.1, 0.15) is 11.4 Å². The van der Waals surface area contributed by atoms with Gasteiger partial charge in [-0.3, -0.25) is 14.8 Å². The number of aromatic nitrogens is 3. The quantitative estimate of drug-likeness (QED) is 0.337. The number of hydrogen-bond acceptors (Lipinski definition) is 6. The minimum absolute atomic E-state index is 0.0661. The molecule has 26 heavy (non-hydrogen) atoms. The number of phenols is 1. The average molecular weight is 342 g/mol. The summed E-state index contributed by atoms with van der Waals surface area (Å²) in [5.74, 6) is -0.386. The number of hydrogen-bond donors (Lipinski definition) is 2. The second kappa shape index (κ2) is 6.25. The number of nitrogen functional groups attached to an aromatic ring is 1. The first-order valence-corrected chi connectivity index (χ1v) is 7.92. The Balaban J connectivity index is 1.73. The van der Waals surface area contributed by atoms with Gasteiger partial charge in [0, 0.05) is 22.7 Å². The molecule has 0 saturated carbocycles. The molecule has 0 fully saturated rings. The van der Waals surface area contributed by atoms with Crippen LogP contribution in [-0.4, -0.2) is 25.8 Å². The first-order chi connectivity index (χ1) is 12.6. The highest BCUT2D eigenvalue weighted by Gasteiger charge is 2.14. The molecule has 0 aliphatic heterocycles. The summed E-state index contributed by atoms with van der Waals surface area (Å²) >= 11 is 0. The van der Waals surface area contributed by atoms with Gasteiger partial charge in [-0.05, 0) is 30.3 Å². The summed E-state index contributed by atoms with van der Waals surface area (Å²) < 4.78 is 0. The molecule has 6 heteroatoms. The van der Waals surface area contributed by atoms with Gasteiger partial charge >= 0.3 is 0 Å². The van der Waals surface area contributed by atoms with Crippen LogP contribution in [0.2, 0.25) is 0 Å². The number of nitrogens with zero attached hydrogens (tertiary/aromatic N) is 3. The van der Waals surface area contributed by atoms with Crippen LogP contribution in [0, 0.1) is 0 Å². The molecule has 4 rings (SSSR count). The van der Waals surface area contributed by atoms with Gasteiger partial charge < -0.3 is 10.8 Å². The van der Waals surface area contributed by atoms with Gasteiger partial charge in [-0.1, -0.05) is 18.2 Å². The van der Waals surface area contributed by atoms with Crippen LogP contribution >= 0.6 is 0 Å². The number of rotatable bonds is 3. The van der Waals surface area contributed by atoms with E-state index in [1.165, 1.54) is 24.4 Å². The van der Waals surface area contributed by atoms with Gasteiger partial charge in [-0.15, -0.1) is 0 Å². The predicted octanol–water partition coefficient (Wildman–Crippen LogP) is 3.21. The van der Waals surface area contributed by atoms with Crippen LogP contribution in [-0.2, 0) is 0 Å². The first-order valence-electron chi connectivity index (χ1n) is 7.92.